The number of anilines is 1. The van der Waals surface area contributed by atoms with Gasteiger partial charge in [0.25, 0.3) is 0 Å². The van der Waals surface area contributed by atoms with Crippen LogP contribution in [0.25, 0.3) is 11.3 Å². The minimum absolute atomic E-state index is 0.695. The predicted octanol–water partition coefficient (Wildman–Crippen LogP) is 2.61. The SMILES string of the molecule is Cn1ncc(NCCCN)c1-c1ccc(Br)cc1. The van der Waals surface area contributed by atoms with Gasteiger partial charge in [-0.05, 0) is 25.1 Å². The summed E-state index contributed by atoms with van der Waals surface area (Å²) in [5.74, 6) is 0. The maximum absolute atomic E-state index is 5.50. The number of rotatable bonds is 5. The Hall–Kier alpha value is -1.33. The Balaban J connectivity index is 2.25. The van der Waals surface area contributed by atoms with Crippen molar-refractivity contribution in [1.82, 2.24) is 9.78 Å². The standard InChI is InChI=1S/C13H17BrN4/c1-18-13(10-3-5-11(14)6-4-10)12(9-17-18)16-8-2-7-15/h3-6,9,16H,2,7-8,15H2,1H3. The zero-order chi connectivity index (χ0) is 13.0. The molecule has 5 heteroatoms. The summed E-state index contributed by atoms with van der Waals surface area (Å²) in [7, 11) is 1.95. The lowest BCUT2D eigenvalue weighted by molar-refractivity contribution is 0.776. The Bertz CT molecular complexity index is 504. The molecule has 0 aliphatic carbocycles. The van der Waals surface area contributed by atoms with Gasteiger partial charge in [0.05, 0.1) is 17.6 Å². The second-order valence-electron chi connectivity index (χ2n) is 4.11. The van der Waals surface area contributed by atoms with E-state index < -0.39 is 0 Å². The van der Waals surface area contributed by atoms with E-state index in [0.717, 1.165) is 34.4 Å². The highest BCUT2D eigenvalue weighted by molar-refractivity contribution is 9.10. The van der Waals surface area contributed by atoms with Crippen LogP contribution >= 0.6 is 15.9 Å². The second-order valence-corrected chi connectivity index (χ2v) is 5.02. The molecule has 0 saturated carbocycles. The maximum atomic E-state index is 5.50. The number of hydrogen-bond donors (Lipinski definition) is 2. The molecule has 0 fully saturated rings. The normalized spacial score (nSPS) is 10.6. The molecule has 0 unspecified atom stereocenters. The number of halogens is 1. The van der Waals surface area contributed by atoms with Gasteiger partial charge in [0.2, 0.25) is 0 Å². The molecule has 2 rings (SSSR count). The predicted molar refractivity (Wildman–Crippen MR) is 78.5 cm³/mol. The molecule has 1 aromatic heterocycles. The lowest BCUT2D eigenvalue weighted by Crippen LogP contribution is -2.08. The van der Waals surface area contributed by atoms with Gasteiger partial charge < -0.3 is 11.1 Å². The highest BCUT2D eigenvalue weighted by Gasteiger charge is 2.10. The fraction of sp³-hybridized carbons (Fsp3) is 0.308. The van der Waals surface area contributed by atoms with Crippen molar-refractivity contribution in [2.75, 3.05) is 18.4 Å². The molecule has 0 atom stereocenters. The molecule has 1 heterocycles. The molecule has 0 radical (unpaired) electrons. The van der Waals surface area contributed by atoms with E-state index in [4.69, 9.17) is 5.73 Å². The van der Waals surface area contributed by atoms with Gasteiger partial charge in [0.1, 0.15) is 0 Å². The summed E-state index contributed by atoms with van der Waals surface area (Å²) < 4.78 is 2.96. The molecule has 0 bridgehead atoms. The summed E-state index contributed by atoms with van der Waals surface area (Å²) in [4.78, 5) is 0. The van der Waals surface area contributed by atoms with Crippen LogP contribution in [0.3, 0.4) is 0 Å². The van der Waals surface area contributed by atoms with Crippen molar-refractivity contribution >= 4 is 21.6 Å². The van der Waals surface area contributed by atoms with E-state index in [2.05, 4.69) is 38.5 Å². The van der Waals surface area contributed by atoms with E-state index in [-0.39, 0.29) is 0 Å². The molecule has 4 nitrogen and oxygen atoms in total. The Morgan fingerprint density at radius 2 is 2.06 bits per heavy atom. The van der Waals surface area contributed by atoms with E-state index in [1.807, 2.05) is 30.1 Å². The number of benzene rings is 1. The number of nitrogens with zero attached hydrogens (tertiary/aromatic N) is 2. The highest BCUT2D eigenvalue weighted by Crippen LogP contribution is 2.28. The van der Waals surface area contributed by atoms with Crippen molar-refractivity contribution in [3.8, 4) is 11.3 Å². The number of nitrogens with two attached hydrogens (primary N) is 1. The van der Waals surface area contributed by atoms with Crippen LogP contribution in [-0.2, 0) is 7.05 Å². The smallest absolute Gasteiger partial charge is 0.0910 e. The summed E-state index contributed by atoms with van der Waals surface area (Å²) in [5.41, 5.74) is 8.79. The van der Waals surface area contributed by atoms with Crippen LogP contribution in [0.15, 0.2) is 34.9 Å². The van der Waals surface area contributed by atoms with E-state index in [0.29, 0.717) is 6.54 Å². The molecule has 18 heavy (non-hydrogen) atoms. The molecule has 0 saturated heterocycles. The van der Waals surface area contributed by atoms with Gasteiger partial charge in [-0.1, -0.05) is 28.1 Å². The zero-order valence-corrected chi connectivity index (χ0v) is 11.9. The average molecular weight is 309 g/mol. The van der Waals surface area contributed by atoms with Crippen LogP contribution in [0.5, 0.6) is 0 Å². The lowest BCUT2D eigenvalue weighted by atomic mass is 10.1. The first-order valence-corrected chi connectivity index (χ1v) is 6.73. The minimum atomic E-state index is 0.695. The van der Waals surface area contributed by atoms with Crippen LogP contribution in [0.1, 0.15) is 6.42 Å². The Kier molecular flexibility index (Phi) is 4.38. The topological polar surface area (TPSA) is 55.9 Å². The summed E-state index contributed by atoms with van der Waals surface area (Å²) in [5, 5.41) is 7.68. The largest absolute Gasteiger partial charge is 0.382 e. The summed E-state index contributed by atoms with van der Waals surface area (Å²) in [6.07, 6.45) is 2.81. The van der Waals surface area contributed by atoms with Crippen LogP contribution in [-0.4, -0.2) is 22.9 Å². The monoisotopic (exact) mass is 308 g/mol. The zero-order valence-electron chi connectivity index (χ0n) is 10.4. The first kappa shape index (κ1) is 13.1. The van der Waals surface area contributed by atoms with Crippen molar-refractivity contribution in [1.29, 1.82) is 0 Å². The molecular weight excluding hydrogens is 292 g/mol. The number of aromatic nitrogens is 2. The first-order valence-electron chi connectivity index (χ1n) is 5.94. The number of nitrogens with one attached hydrogen (secondary N) is 1. The molecule has 0 aliphatic rings. The van der Waals surface area contributed by atoms with Crippen LogP contribution in [0.4, 0.5) is 5.69 Å². The van der Waals surface area contributed by atoms with Gasteiger partial charge in [-0.3, -0.25) is 4.68 Å². The summed E-state index contributed by atoms with van der Waals surface area (Å²) >= 11 is 3.45. The highest BCUT2D eigenvalue weighted by atomic mass is 79.9. The molecule has 96 valence electrons. The molecule has 2 aromatic rings. The average Bonchev–Trinajstić information content (AvgIpc) is 2.72. The summed E-state index contributed by atoms with van der Waals surface area (Å²) in [6.45, 7) is 1.56. The van der Waals surface area contributed by atoms with E-state index in [1.54, 1.807) is 0 Å². The minimum Gasteiger partial charge on any atom is -0.382 e. The lowest BCUT2D eigenvalue weighted by Gasteiger charge is -2.08. The third kappa shape index (κ3) is 2.91. The second kappa shape index (κ2) is 6.02. The van der Waals surface area contributed by atoms with E-state index in [9.17, 15) is 0 Å². The molecule has 1 aromatic carbocycles. The molecule has 3 N–H and O–H groups in total. The third-order valence-corrected chi connectivity index (χ3v) is 3.28. The van der Waals surface area contributed by atoms with Crippen molar-refractivity contribution in [2.24, 2.45) is 12.8 Å². The Morgan fingerprint density at radius 3 is 2.72 bits per heavy atom. The van der Waals surface area contributed by atoms with Gasteiger partial charge in [0, 0.05) is 23.6 Å². The van der Waals surface area contributed by atoms with E-state index in [1.165, 1.54) is 0 Å². The molecule has 0 spiro atoms. The van der Waals surface area contributed by atoms with Gasteiger partial charge in [-0.25, -0.2) is 0 Å². The van der Waals surface area contributed by atoms with Gasteiger partial charge in [-0.2, -0.15) is 5.10 Å². The number of aryl methyl sites for hydroxylation is 1. The summed E-state index contributed by atoms with van der Waals surface area (Å²) in [6, 6.07) is 8.22. The first-order chi connectivity index (χ1) is 8.72. The quantitative estimate of drug-likeness (QED) is 0.835. The Morgan fingerprint density at radius 1 is 1.33 bits per heavy atom. The fourth-order valence-corrected chi connectivity index (χ4v) is 2.11. The van der Waals surface area contributed by atoms with Gasteiger partial charge in [-0.15, -0.1) is 0 Å². The van der Waals surface area contributed by atoms with Crippen LogP contribution in [0, 0.1) is 0 Å². The Labute approximate surface area is 115 Å². The van der Waals surface area contributed by atoms with Crippen molar-refractivity contribution in [3.05, 3.63) is 34.9 Å². The number of hydrogen-bond acceptors (Lipinski definition) is 3. The maximum Gasteiger partial charge on any atom is 0.0910 e. The third-order valence-electron chi connectivity index (χ3n) is 2.75. The van der Waals surface area contributed by atoms with Crippen molar-refractivity contribution in [2.45, 2.75) is 6.42 Å². The molecular formula is C13H17BrN4. The molecule has 0 aliphatic heterocycles. The van der Waals surface area contributed by atoms with Gasteiger partial charge in [0.15, 0.2) is 0 Å². The van der Waals surface area contributed by atoms with Crippen LogP contribution < -0.4 is 11.1 Å². The van der Waals surface area contributed by atoms with Crippen LogP contribution in [0.2, 0.25) is 0 Å². The fourth-order valence-electron chi connectivity index (χ4n) is 1.84. The van der Waals surface area contributed by atoms with Crippen molar-refractivity contribution < 1.29 is 0 Å². The van der Waals surface area contributed by atoms with E-state index >= 15 is 0 Å². The van der Waals surface area contributed by atoms with Gasteiger partial charge >= 0.3 is 0 Å². The van der Waals surface area contributed by atoms with Crippen molar-refractivity contribution in [3.63, 3.8) is 0 Å². The molecule has 0 amide bonds.